The van der Waals surface area contributed by atoms with Crippen molar-refractivity contribution in [1.82, 2.24) is 50.4 Å². The van der Waals surface area contributed by atoms with Crippen molar-refractivity contribution >= 4 is 185 Å². The van der Waals surface area contributed by atoms with Crippen molar-refractivity contribution in [3.8, 4) is 15.0 Å². The van der Waals surface area contributed by atoms with E-state index in [1.165, 1.54) is 14.6 Å². The average Bonchev–Trinajstić information content (AvgIpc) is 1.60. The van der Waals surface area contributed by atoms with Crippen LogP contribution in [0.25, 0.3) is 15.0 Å². The molecule has 13 heterocycles. The number of amides is 2. The molecule has 20 rings (SSSR count). The summed E-state index contributed by atoms with van der Waals surface area (Å²) in [6, 6.07) is 42.7. The van der Waals surface area contributed by atoms with Gasteiger partial charge in [-0.25, -0.2) is 4.79 Å². The monoisotopic (exact) mass is 1880 g/mol. The zero-order valence-corrected chi connectivity index (χ0v) is 76.6. The van der Waals surface area contributed by atoms with Crippen molar-refractivity contribution in [1.29, 1.82) is 0 Å². The van der Waals surface area contributed by atoms with Gasteiger partial charge in [-0.15, -0.1) is 77.0 Å². The molecule has 13 aromatic rings. The first-order valence-electron chi connectivity index (χ1n) is 38.8. The number of nitrogen functional groups attached to an aromatic ring is 2. The Morgan fingerprint density at radius 3 is 1.17 bits per heavy atom. The van der Waals surface area contributed by atoms with Gasteiger partial charge in [0.2, 0.25) is 11.8 Å². The minimum Gasteiger partial charge on any atom is -0.481 e. The average molecular weight is 1880 g/mol. The fourth-order valence-corrected chi connectivity index (χ4v) is 19.7. The maximum absolute atomic E-state index is 13.3. The molecule has 3 atom stereocenters. The number of anilines is 4. The number of halogens is 4. The van der Waals surface area contributed by atoms with Crippen LogP contribution in [0.1, 0.15) is 186 Å². The summed E-state index contributed by atoms with van der Waals surface area (Å²) in [4.78, 5) is 67.7. The van der Waals surface area contributed by atoms with Crippen molar-refractivity contribution in [2.45, 2.75) is 126 Å². The number of cyclic esters (lactones) is 1. The number of aliphatic imine (C=N–C) groups is 3. The van der Waals surface area contributed by atoms with Gasteiger partial charge in [-0.2, -0.15) is 0 Å². The van der Waals surface area contributed by atoms with Gasteiger partial charge in [-0.1, -0.05) is 71.2 Å². The lowest BCUT2D eigenvalue weighted by Crippen LogP contribution is -2.17. The first kappa shape index (κ1) is 92.4. The molecule has 7 aliphatic rings. The quantitative estimate of drug-likeness (QED) is 0.0208. The Hall–Kier alpha value is -12.3. The first-order chi connectivity index (χ1) is 59.5. The molecule has 29 nitrogen and oxygen atoms in total. The fourth-order valence-electron chi connectivity index (χ4n) is 15.2. The number of carboxylic acids is 1. The second-order valence-corrected chi connectivity index (χ2v) is 35.5. The number of oxime groups is 1. The minimum atomic E-state index is -0.926. The van der Waals surface area contributed by atoms with Gasteiger partial charge in [0.05, 0.1) is 42.0 Å². The van der Waals surface area contributed by atoms with Crippen LogP contribution in [0.3, 0.4) is 0 Å². The fraction of sp³-hybridized carbons (Fsp3) is 0.213. The Kier molecular flexibility index (Phi) is 28.0. The minimum absolute atomic E-state index is 0. The van der Waals surface area contributed by atoms with Crippen LogP contribution in [0.2, 0.25) is 15.1 Å². The van der Waals surface area contributed by atoms with Gasteiger partial charge in [0.25, 0.3) is 5.90 Å². The van der Waals surface area contributed by atoms with Crippen molar-refractivity contribution in [3.63, 3.8) is 0 Å². The number of carbonyl (C=O) groups excluding carboxylic acids is 3. The number of ether oxygens (including phenoxy) is 4. The molecule has 0 unspecified atom stereocenters. The number of benzene rings is 7. The van der Waals surface area contributed by atoms with E-state index in [1.807, 2.05) is 150 Å². The molecule has 0 saturated carbocycles. The van der Waals surface area contributed by atoms with Crippen LogP contribution in [0, 0.1) is 62.3 Å². The number of carbonyl (C=O) groups is 4. The number of fused-ring (bicyclic) bond motifs is 13. The second kappa shape index (κ2) is 38.5. The molecule has 652 valence electrons. The third kappa shape index (κ3) is 18.8. The maximum Gasteiger partial charge on any atom is 0.338 e. The Labute approximate surface area is 771 Å². The number of nitrogens with one attached hydrogen (secondary N) is 2. The smallest absolute Gasteiger partial charge is 0.338 e. The maximum atomic E-state index is 13.3. The summed E-state index contributed by atoms with van der Waals surface area (Å²) in [6.07, 6.45) is 0.0233. The zero-order chi connectivity index (χ0) is 87.4. The normalized spacial score (nSPS) is 15.5. The summed E-state index contributed by atoms with van der Waals surface area (Å²) in [6.45, 7) is 19.8. The van der Waals surface area contributed by atoms with E-state index in [1.54, 1.807) is 64.3 Å². The second-order valence-electron chi connectivity index (χ2n) is 29.8. The van der Waals surface area contributed by atoms with Crippen molar-refractivity contribution in [2.75, 3.05) is 22.1 Å². The third-order valence-electron chi connectivity index (χ3n) is 21.7. The number of thiophene rings is 3. The highest BCUT2D eigenvalue weighted by molar-refractivity contribution is 7.80. The highest BCUT2D eigenvalue weighted by Gasteiger charge is 2.38. The number of thiocarbonyl (C=S) groups is 2. The molecule has 0 spiro atoms. The summed E-state index contributed by atoms with van der Waals surface area (Å²) in [5, 5.41) is 59.7. The lowest BCUT2D eigenvalue weighted by molar-refractivity contribution is -0.137. The number of hydrogen-bond donors (Lipinski definition) is 7. The van der Waals surface area contributed by atoms with E-state index in [4.69, 9.17) is 110 Å². The van der Waals surface area contributed by atoms with Crippen LogP contribution in [-0.4, -0.2) is 117 Å². The van der Waals surface area contributed by atoms with Crippen LogP contribution in [0.4, 0.5) is 22.7 Å². The summed E-state index contributed by atoms with van der Waals surface area (Å²) in [5.41, 5.74) is 32.4. The number of carboxylic acid groups (broad SMARTS) is 1. The SMILES string of the molecule is Cc1sc2c(c1C)C(c1ccc(Cl)cc1)=N[C@@H](CC(=O)Nc1ccc3c(c1)CO/C3=N\O)c1nnc(C)n1-2.Cc1sc2c(c1C)C(c1ccc(Cl)cc1)=N[C@@H](CC(=O)Nc1ccc3c(c1)COC3=S)c1nnc(C)n1-2.Cc1sc2c(c1C)C(c1ccc(Cl)cc1)=N[C@@H](CC(=O)O)c1nnc(C)n1-2.Cl.N.Nc1ccc2c(c1)COC2=O.Nc1ccc2c(c1)COC2=S.O. The van der Waals surface area contributed by atoms with E-state index >= 15 is 0 Å². The lowest BCUT2D eigenvalue weighted by atomic mass is 9.99. The molecule has 6 aromatic heterocycles. The van der Waals surface area contributed by atoms with Gasteiger partial charge in [-0.3, -0.25) is 43.1 Å². The van der Waals surface area contributed by atoms with Gasteiger partial charge in [0, 0.05) is 125 Å². The molecule has 0 fully saturated rings. The van der Waals surface area contributed by atoms with Gasteiger partial charge >= 0.3 is 11.9 Å². The standard InChI is InChI=1S/C27H23ClN6O3S.C27H22ClN5O2S2.C19H17ClN4O2S.C8H7NO2.C8H7NOS.ClH.H3N.H2O/c1-13-14(2)38-27-23(13)24(16-4-6-18(28)7-5-16)30-21(25-32-31-15(3)34(25)27)11-22(35)29-19-8-9-20-17(10-19)12-37-26(20)33-36;1-13-14(2)37-26-23(13)24(16-4-6-18(28)7-5-16)30-21(25-32-31-15(3)33(25)26)11-22(34)29-19-8-9-20-17(10-19)12-35-27(20)36;1-9-10(2)27-19-16(9)17(12-4-6-13(20)7-5-12)21-14(8-15(25)26)18-23-22-11(3)24(18)19;9-6-1-2-7-5(3-6)4-11-8(7)10;9-6-1-2-7-5(3-6)4-10-8(7)11;;;/h4-10,21,36H,11-12H2,1-3H3,(H,29,35);4-10,21H,11-12H2,1-3H3,(H,29,34);4-7,14H,8H2,1-3H3,(H,25,26);2*1-3H,4,9H2;1H;1H3;1H2/b33-26-;;;;;;;/t2*21-;14-;;;;;/m000...../s1. The number of esters is 1. The third-order valence-corrected chi connectivity index (χ3v) is 26.7. The number of rotatable bonds is 11. The Balaban J connectivity index is 0.000000145. The Morgan fingerprint density at radius 2 is 0.787 bits per heavy atom. The number of aliphatic carboxylic acids is 1. The number of nitrogens with two attached hydrogens (primary N) is 2. The largest absolute Gasteiger partial charge is 0.481 e. The van der Waals surface area contributed by atoms with Gasteiger partial charge < -0.3 is 63.0 Å². The van der Waals surface area contributed by atoms with Crippen LogP contribution >= 0.6 is 106 Å². The summed E-state index contributed by atoms with van der Waals surface area (Å²) >= 11 is 33.6. The summed E-state index contributed by atoms with van der Waals surface area (Å²) in [7, 11) is 0. The van der Waals surface area contributed by atoms with E-state index < -0.39 is 24.1 Å². The van der Waals surface area contributed by atoms with E-state index in [0.29, 0.717) is 90.7 Å². The molecular formula is C89H82Cl4N18O11S5. The highest BCUT2D eigenvalue weighted by atomic mass is 35.5. The molecule has 13 N–H and O–H groups in total. The molecule has 127 heavy (non-hydrogen) atoms. The van der Waals surface area contributed by atoms with E-state index in [0.717, 1.165) is 139 Å². The molecule has 38 heteroatoms. The van der Waals surface area contributed by atoms with Gasteiger partial charge in [-0.05, 0) is 218 Å². The van der Waals surface area contributed by atoms with Crippen LogP contribution in [0.5, 0.6) is 0 Å². The molecule has 0 saturated heterocycles. The number of nitrogens with zero attached hydrogens (tertiary/aromatic N) is 13. The van der Waals surface area contributed by atoms with Crippen LogP contribution < -0.4 is 28.3 Å². The topological polar surface area (TPSA) is 430 Å². The molecule has 0 bridgehead atoms. The first-order valence-corrected chi connectivity index (χ1v) is 43.2. The molecule has 0 aliphatic carbocycles. The number of hydrogen-bond acceptors (Lipinski definition) is 27. The molecule has 7 aromatic carbocycles. The van der Waals surface area contributed by atoms with E-state index in [9.17, 15) is 24.3 Å². The van der Waals surface area contributed by atoms with Crippen molar-refractivity contribution in [2.24, 2.45) is 20.1 Å². The molecule has 0 radical (unpaired) electrons. The van der Waals surface area contributed by atoms with Crippen LogP contribution in [-0.2, 0) is 59.8 Å². The summed E-state index contributed by atoms with van der Waals surface area (Å²) in [5.74, 6) is 2.65. The Morgan fingerprint density at radius 1 is 0.465 bits per heavy atom. The summed E-state index contributed by atoms with van der Waals surface area (Å²) < 4.78 is 26.7. The van der Waals surface area contributed by atoms with Crippen molar-refractivity contribution in [3.05, 3.63) is 305 Å². The number of aromatic nitrogens is 9. The lowest BCUT2D eigenvalue weighted by Gasteiger charge is -2.13. The van der Waals surface area contributed by atoms with Crippen molar-refractivity contribution < 1.29 is 53.9 Å². The van der Waals surface area contributed by atoms with Gasteiger partial charge in [0.1, 0.15) is 77.0 Å². The predicted octanol–water partition coefficient (Wildman–Crippen LogP) is 18.0. The molecular weight excluding hydrogens is 1800 g/mol. The highest BCUT2D eigenvalue weighted by Crippen LogP contribution is 2.45. The van der Waals surface area contributed by atoms with E-state index in [2.05, 4.69) is 87.9 Å². The zero-order valence-electron chi connectivity index (χ0n) is 69.5. The molecule has 2 amide bonds. The van der Waals surface area contributed by atoms with Gasteiger partial charge in [0.15, 0.2) is 27.6 Å². The van der Waals surface area contributed by atoms with Crippen LogP contribution in [0.15, 0.2) is 166 Å². The molecule has 7 aliphatic heterocycles. The Bertz CT molecular complexity index is 6630. The van der Waals surface area contributed by atoms with E-state index in [-0.39, 0.29) is 73.6 Å². The predicted molar refractivity (Wildman–Crippen MR) is 504 cm³/mol. The number of aryl methyl sites for hydroxylation is 6.